The van der Waals surface area contributed by atoms with Crippen molar-refractivity contribution in [1.29, 1.82) is 0 Å². The van der Waals surface area contributed by atoms with Gasteiger partial charge in [0.2, 0.25) is 0 Å². The van der Waals surface area contributed by atoms with Gasteiger partial charge in [0.15, 0.2) is 5.65 Å². The number of nitrogens with zero attached hydrogens (tertiary/aromatic N) is 4. The summed E-state index contributed by atoms with van der Waals surface area (Å²) >= 11 is 0. The average Bonchev–Trinajstić information content (AvgIpc) is 3.50. The van der Waals surface area contributed by atoms with Crippen LogP contribution in [0.3, 0.4) is 0 Å². The van der Waals surface area contributed by atoms with Gasteiger partial charge in [-0.3, -0.25) is 9.59 Å². The molecule has 162 valence electrons. The standard InChI is InChI=1S/C21H25N7O3/c1-22-18-10-17(26-19-15(11-23-28(18)19)20(29)24-13-6-7-13)25-16-5-2-8-27(21(16)30)14-4-3-9-31-12-14/h2,5,8,10-11,13-14,22H,3-4,6-7,9,12H2,1H3,(H,24,29)(H,25,26). The first-order valence-corrected chi connectivity index (χ1v) is 10.6. The molecule has 31 heavy (non-hydrogen) atoms. The van der Waals surface area contributed by atoms with E-state index in [4.69, 9.17) is 4.74 Å². The molecule has 1 atom stereocenters. The highest BCUT2D eigenvalue weighted by Gasteiger charge is 2.26. The molecule has 3 N–H and O–H groups in total. The molecule has 1 aliphatic heterocycles. The van der Waals surface area contributed by atoms with Crippen molar-refractivity contribution in [3.05, 3.63) is 46.5 Å². The van der Waals surface area contributed by atoms with Crippen molar-refractivity contribution in [2.75, 3.05) is 30.9 Å². The van der Waals surface area contributed by atoms with Crippen molar-refractivity contribution < 1.29 is 9.53 Å². The molecular formula is C21H25N7O3. The SMILES string of the molecule is CNc1cc(Nc2cccn(C3CCCOC3)c2=O)nc2c(C(=O)NC3CC3)cnn12. The number of aromatic nitrogens is 4. The van der Waals surface area contributed by atoms with Crippen LogP contribution in [0.25, 0.3) is 5.65 Å². The van der Waals surface area contributed by atoms with E-state index in [0.29, 0.717) is 35.1 Å². The molecule has 10 heteroatoms. The lowest BCUT2D eigenvalue weighted by atomic mass is 10.1. The third-order valence-corrected chi connectivity index (χ3v) is 5.65. The molecule has 2 fully saturated rings. The van der Waals surface area contributed by atoms with E-state index in [1.165, 1.54) is 6.20 Å². The van der Waals surface area contributed by atoms with Crippen LogP contribution in [0.2, 0.25) is 0 Å². The predicted octanol–water partition coefficient (Wildman–Crippen LogP) is 1.92. The maximum atomic E-state index is 13.1. The number of anilines is 3. The third kappa shape index (κ3) is 3.86. The minimum absolute atomic E-state index is 0.0267. The minimum atomic E-state index is -0.191. The molecule has 3 aromatic heterocycles. The Morgan fingerprint density at radius 3 is 2.90 bits per heavy atom. The number of rotatable bonds is 6. The Balaban J connectivity index is 1.49. The summed E-state index contributed by atoms with van der Waals surface area (Å²) in [6.07, 6.45) is 7.15. The number of pyridine rings is 1. The summed E-state index contributed by atoms with van der Waals surface area (Å²) in [5.41, 5.74) is 1.10. The summed E-state index contributed by atoms with van der Waals surface area (Å²) < 4.78 is 8.83. The highest BCUT2D eigenvalue weighted by atomic mass is 16.5. The Kier molecular flexibility index (Phi) is 5.06. The van der Waals surface area contributed by atoms with E-state index in [0.717, 1.165) is 32.3 Å². The van der Waals surface area contributed by atoms with Crippen molar-refractivity contribution in [2.24, 2.45) is 0 Å². The zero-order valence-corrected chi connectivity index (χ0v) is 17.3. The molecule has 1 unspecified atom stereocenters. The number of carbonyl (C=O) groups is 1. The molecule has 2 aliphatic rings. The monoisotopic (exact) mass is 423 g/mol. The van der Waals surface area contributed by atoms with Crippen LogP contribution in [0, 0.1) is 0 Å². The summed E-state index contributed by atoms with van der Waals surface area (Å²) in [5.74, 6) is 0.908. The largest absolute Gasteiger partial charge is 0.379 e. The number of ether oxygens (including phenoxy) is 1. The van der Waals surface area contributed by atoms with E-state index in [2.05, 4.69) is 26.0 Å². The molecule has 0 spiro atoms. The van der Waals surface area contributed by atoms with Gasteiger partial charge in [0.25, 0.3) is 11.5 Å². The maximum Gasteiger partial charge on any atom is 0.274 e. The van der Waals surface area contributed by atoms with Gasteiger partial charge in [-0.15, -0.1) is 0 Å². The van der Waals surface area contributed by atoms with E-state index >= 15 is 0 Å². The molecule has 0 bridgehead atoms. The normalized spacial score (nSPS) is 18.7. The van der Waals surface area contributed by atoms with Crippen LogP contribution in [-0.2, 0) is 4.74 Å². The number of hydrogen-bond donors (Lipinski definition) is 3. The van der Waals surface area contributed by atoms with Gasteiger partial charge in [0.1, 0.15) is 22.9 Å². The fraction of sp³-hybridized carbons (Fsp3) is 0.429. The predicted molar refractivity (Wildman–Crippen MR) is 116 cm³/mol. The number of nitrogens with one attached hydrogen (secondary N) is 3. The van der Waals surface area contributed by atoms with Crippen LogP contribution in [-0.4, -0.2) is 51.4 Å². The first-order valence-electron chi connectivity index (χ1n) is 10.6. The lowest BCUT2D eigenvalue weighted by molar-refractivity contribution is 0.0581. The number of fused-ring (bicyclic) bond motifs is 1. The van der Waals surface area contributed by atoms with Gasteiger partial charge < -0.3 is 25.3 Å². The number of carbonyl (C=O) groups excluding carboxylic acids is 1. The van der Waals surface area contributed by atoms with Crippen molar-refractivity contribution in [2.45, 2.75) is 37.8 Å². The Morgan fingerprint density at radius 2 is 2.16 bits per heavy atom. The zero-order chi connectivity index (χ0) is 21.4. The van der Waals surface area contributed by atoms with Crippen LogP contribution < -0.4 is 21.5 Å². The lowest BCUT2D eigenvalue weighted by Crippen LogP contribution is -2.31. The highest BCUT2D eigenvalue weighted by molar-refractivity contribution is 6.00. The second-order valence-electron chi connectivity index (χ2n) is 7.95. The van der Waals surface area contributed by atoms with Gasteiger partial charge >= 0.3 is 0 Å². The molecule has 1 saturated carbocycles. The smallest absolute Gasteiger partial charge is 0.274 e. The summed E-state index contributed by atoms with van der Waals surface area (Å²) in [6, 6.07) is 5.58. The van der Waals surface area contributed by atoms with E-state index in [9.17, 15) is 9.59 Å². The van der Waals surface area contributed by atoms with Crippen molar-refractivity contribution in [1.82, 2.24) is 24.5 Å². The molecule has 5 rings (SSSR count). The quantitative estimate of drug-likeness (QED) is 0.555. The lowest BCUT2D eigenvalue weighted by Gasteiger charge is -2.24. The third-order valence-electron chi connectivity index (χ3n) is 5.65. The second-order valence-corrected chi connectivity index (χ2v) is 7.95. The summed E-state index contributed by atoms with van der Waals surface area (Å²) in [7, 11) is 1.77. The first-order chi connectivity index (χ1) is 15.1. The van der Waals surface area contributed by atoms with Crippen LogP contribution in [0.4, 0.5) is 17.3 Å². The van der Waals surface area contributed by atoms with Crippen LogP contribution in [0.1, 0.15) is 42.1 Å². The van der Waals surface area contributed by atoms with Gasteiger partial charge in [-0.05, 0) is 37.8 Å². The molecule has 1 amide bonds. The Morgan fingerprint density at radius 1 is 1.29 bits per heavy atom. The zero-order valence-electron chi connectivity index (χ0n) is 17.3. The highest BCUT2D eigenvalue weighted by Crippen LogP contribution is 2.24. The second kappa shape index (κ2) is 8.03. The first kappa shape index (κ1) is 19.6. The minimum Gasteiger partial charge on any atom is -0.379 e. The fourth-order valence-electron chi connectivity index (χ4n) is 3.83. The Hall–Kier alpha value is -3.40. The molecule has 0 radical (unpaired) electrons. The summed E-state index contributed by atoms with van der Waals surface area (Å²) in [6.45, 7) is 1.27. The Labute approximate surface area is 178 Å². The fourth-order valence-corrected chi connectivity index (χ4v) is 3.83. The van der Waals surface area contributed by atoms with Gasteiger partial charge in [0, 0.05) is 32.0 Å². The summed E-state index contributed by atoms with van der Waals surface area (Å²) in [5, 5.41) is 13.5. The Bertz CT molecular complexity index is 1180. The van der Waals surface area contributed by atoms with Crippen molar-refractivity contribution in [3.63, 3.8) is 0 Å². The van der Waals surface area contributed by atoms with Crippen LogP contribution in [0.15, 0.2) is 35.4 Å². The average molecular weight is 423 g/mol. The van der Waals surface area contributed by atoms with Crippen LogP contribution in [0.5, 0.6) is 0 Å². The number of hydrogen-bond acceptors (Lipinski definition) is 7. The van der Waals surface area contributed by atoms with Crippen molar-refractivity contribution in [3.8, 4) is 0 Å². The molecule has 1 aliphatic carbocycles. The molecule has 3 aromatic rings. The molecule has 4 heterocycles. The molecule has 1 saturated heterocycles. The van der Waals surface area contributed by atoms with E-state index in [1.807, 2.05) is 6.07 Å². The molecule has 10 nitrogen and oxygen atoms in total. The van der Waals surface area contributed by atoms with Gasteiger partial charge in [0.05, 0.1) is 18.8 Å². The van der Waals surface area contributed by atoms with E-state index in [-0.39, 0.29) is 23.6 Å². The molecular weight excluding hydrogens is 398 g/mol. The van der Waals surface area contributed by atoms with Gasteiger partial charge in [-0.2, -0.15) is 9.61 Å². The van der Waals surface area contributed by atoms with E-state index < -0.39 is 0 Å². The van der Waals surface area contributed by atoms with E-state index in [1.54, 1.807) is 34.5 Å². The summed E-state index contributed by atoms with van der Waals surface area (Å²) in [4.78, 5) is 30.3. The molecule has 0 aromatic carbocycles. The number of amides is 1. The maximum absolute atomic E-state index is 13.1. The van der Waals surface area contributed by atoms with Crippen molar-refractivity contribution >= 4 is 28.9 Å². The van der Waals surface area contributed by atoms with Gasteiger partial charge in [-0.25, -0.2) is 4.98 Å². The van der Waals surface area contributed by atoms with Gasteiger partial charge in [-0.1, -0.05) is 0 Å². The van der Waals surface area contributed by atoms with Crippen LogP contribution >= 0.6 is 0 Å². The topological polar surface area (TPSA) is 115 Å².